The predicted molar refractivity (Wildman–Crippen MR) is 87.6 cm³/mol. The molecule has 0 saturated carbocycles. The van der Waals surface area contributed by atoms with Gasteiger partial charge < -0.3 is 15.4 Å². The number of aryl methyl sites for hydroxylation is 1. The van der Waals surface area contributed by atoms with Gasteiger partial charge in [-0.1, -0.05) is 13.0 Å². The molecule has 1 aromatic rings. The fourth-order valence-electron chi connectivity index (χ4n) is 2.88. The quantitative estimate of drug-likeness (QED) is 0.810. The van der Waals surface area contributed by atoms with E-state index >= 15 is 0 Å². The second-order valence-corrected chi connectivity index (χ2v) is 5.90. The van der Waals surface area contributed by atoms with Crippen molar-refractivity contribution < 1.29 is 14.3 Å². The first-order chi connectivity index (χ1) is 11.1. The summed E-state index contributed by atoms with van der Waals surface area (Å²) in [6.45, 7) is 2.70. The molecule has 1 saturated heterocycles. The average Bonchev–Trinajstić information content (AvgIpc) is 2.59. The van der Waals surface area contributed by atoms with Crippen LogP contribution in [-0.2, 0) is 20.7 Å². The molecular formula is C17H25N3O3. The highest BCUT2D eigenvalue weighted by molar-refractivity contribution is 5.81. The molecule has 6 heteroatoms. The van der Waals surface area contributed by atoms with E-state index in [4.69, 9.17) is 10.5 Å². The van der Waals surface area contributed by atoms with Gasteiger partial charge in [0.15, 0.2) is 6.61 Å². The van der Waals surface area contributed by atoms with Crippen molar-refractivity contribution in [2.24, 2.45) is 0 Å². The van der Waals surface area contributed by atoms with Gasteiger partial charge in [-0.25, -0.2) is 4.98 Å². The monoisotopic (exact) mass is 319 g/mol. The molecule has 0 aromatic carbocycles. The Hall–Kier alpha value is -2.11. The number of carbonyl (C=O) groups excluding carboxylic acids is 2. The van der Waals surface area contributed by atoms with Crippen LogP contribution in [0, 0.1) is 0 Å². The molecule has 1 aromatic heterocycles. The highest BCUT2D eigenvalue weighted by Gasteiger charge is 2.25. The largest absolute Gasteiger partial charge is 0.456 e. The van der Waals surface area contributed by atoms with Gasteiger partial charge in [-0.2, -0.15) is 0 Å². The summed E-state index contributed by atoms with van der Waals surface area (Å²) in [5.41, 5.74) is 6.43. The van der Waals surface area contributed by atoms with Crippen molar-refractivity contribution in [3.05, 3.63) is 23.9 Å². The first-order valence-electron chi connectivity index (χ1n) is 8.25. The molecule has 126 valence electrons. The van der Waals surface area contributed by atoms with E-state index in [1.807, 2.05) is 11.0 Å². The maximum Gasteiger partial charge on any atom is 0.306 e. The number of aromatic nitrogens is 1. The fourth-order valence-corrected chi connectivity index (χ4v) is 2.88. The van der Waals surface area contributed by atoms with Gasteiger partial charge in [0.05, 0.1) is 0 Å². The van der Waals surface area contributed by atoms with E-state index in [1.165, 1.54) is 0 Å². The Morgan fingerprint density at radius 2 is 2.22 bits per heavy atom. The normalized spacial score (nSPS) is 17.8. The molecule has 2 N–H and O–H groups in total. The lowest BCUT2D eigenvalue weighted by Gasteiger charge is -2.35. The Bertz CT molecular complexity index is 530. The molecule has 0 radical (unpaired) electrons. The molecule has 1 fully saturated rings. The summed E-state index contributed by atoms with van der Waals surface area (Å²) in [4.78, 5) is 29.8. The topological polar surface area (TPSA) is 85.5 Å². The average molecular weight is 319 g/mol. The number of amides is 1. The van der Waals surface area contributed by atoms with E-state index in [0.29, 0.717) is 12.2 Å². The van der Waals surface area contributed by atoms with Gasteiger partial charge in [-0.05, 0) is 43.7 Å². The van der Waals surface area contributed by atoms with Crippen molar-refractivity contribution in [2.75, 3.05) is 18.9 Å². The third kappa shape index (κ3) is 5.23. The van der Waals surface area contributed by atoms with E-state index in [1.54, 1.807) is 12.3 Å². The van der Waals surface area contributed by atoms with Gasteiger partial charge in [0.1, 0.15) is 5.82 Å². The number of nitrogen functional groups attached to an aromatic ring is 1. The standard InChI is InChI=1S/C17H25N3O3/c1-2-14-5-3-4-10-20(14)16(21)12-23-17(22)9-7-13-6-8-15(18)19-11-13/h6,8,11,14H,2-5,7,9-10,12H2,1H3,(H2,18,19). The molecule has 23 heavy (non-hydrogen) atoms. The maximum atomic E-state index is 12.2. The summed E-state index contributed by atoms with van der Waals surface area (Å²) in [6.07, 6.45) is 6.59. The Kier molecular flexibility index (Phi) is 6.38. The minimum absolute atomic E-state index is 0.0842. The van der Waals surface area contributed by atoms with E-state index in [-0.39, 0.29) is 30.9 Å². The van der Waals surface area contributed by atoms with Crippen LogP contribution in [0.2, 0.25) is 0 Å². The van der Waals surface area contributed by atoms with Crippen molar-refractivity contribution in [3.8, 4) is 0 Å². The lowest BCUT2D eigenvalue weighted by molar-refractivity contribution is -0.153. The van der Waals surface area contributed by atoms with Crippen molar-refractivity contribution in [2.45, 2.75) is 51.5 Å². The molecule has 0 aliphatic carbocycles. The molecule has 2 rings (SSSR count). The molecule has 1 amide bonds. The van der Waals surface area contributed by atoms with Crippen molar-refractivity contribution in [1.82, 2.24) is 9.88 Å². The number of ether oxygens (including phenoxy) is 1. The number of hydrogen-bond donors (Lipinski definition) is 1. The third-order valence-electron chi connectivity index (χ3n) is 4.24. The van der Waals surface area contributed by atoms with Gasteiger partial charge >= 0.3 is 5.97 Å². The van der Waals surface area contributed by atoms with E-state index < -0.39 is 0 Å². The number of nitrogens with zero attached hydrogens (tertiary/aromatic N) is 2. The van der Waals surface area contributed by atoms with E-state index in [0.717, 1.165) is 37.8 Å². The van der Waals surface area contributed by atoms with Gasteiger partial charge in [0.25, 0.3) is 5.91 Å². The Labute approximate surface area is 137 Å². The summed E-state index contributed by atoms with van der Waals surface area (Å²) < 4.78 is 5.12. The molecule has 1 atom stereocenters. The molecule has 0 spiro atoms. The summed E-state index contributed by atoms with van der Waals surface area (Å²) in [5.74, 6) is 0.00761. The lowest BCUT2D eigenvalue weighted by Crippen LogP contribution is -2.45. The van der Waals surface area contributed by atoms with Crippen LogP contribution >= 0.6 is 0 Å². The van der Waals surface area contributed by atoms with Gasteiger partial charge in [-0.15, -0.1) is 0 Å². The number of piperidine rings is 1. The van der Waals surface area contributed by atoms with Crippen LogP contribution in [0.4, 0.5) is 5.82 Å². The van der Waals surface area contributed by atoms with Gasteiger partial charge in [-0.3, -0.25) is 9.59 Å². The molecule has 0 bridgehead atoms. The second-order valence-electron chi connectivity index (χ2n) is 5.90. The summed E-state index contributed by atoms with van der Waals surface area (Å²) in [7, 11) is 0. The Morgan fingerprint density at radius 1 is 1.39 bits per heavy atom. The van der Waals surface area contributed by atoms with Gasteiger partial charge in [0, 0.05) is 25.2 Å². The zero-order valence-electron chi connectivity index (χ0n) is 13.7. The number of anilines is 1. The number of likely N-dealkylation sites (tertiary alicyclic amines) is 1. The van der Waals surface area contributed by atoms with Gasteiger partial charge in [0.2, 0.25) is 0 Å². The van der Waals surface area contributed by atoms with Crippen LogP contribution in [0.25, 0.3) is 0 Å². The van der Waals surface area contributed by atoms with Crippen LogP contribution in [0.1, 0.15) is 44.6 Å². The number of hydrogen-bond acceptors (Lipinski definition) is 5. The van der Waals surface area contributed by atoms with Crippen LogP contribution < -0.4 is 5.73 Å². The number of esters is 1. The third-order valence-corrected chi connectivity index (χ3v) is 4.24. The second kappa shape index (κ2) is 8.50. The maximum absolute atomic E-state index is 12.2. The van der Waals surface area contributed by atoms with Crippen molar-refractivity contribution >= 4 is 17.7 Å². The molecular weight excluding hydrogens is 294 g/mol. The minimum atomic E-state index is -0.361. The van der Waals surface area contributed by atoms with Crippen molar-refractivity contribution in [1.29, 1.82) is 0 Å². The minimum Gasteiger partial charge on any atom is -0.456 e. The molecule has 1 aliphatic rings. The summed E-state index contributed by atoms with van der Waals surface area (Å²) in [5, 5.41) is 0. The number of nitrogens with two attached hydrogens (primary N) is 1. The molecule has 1 unspecified atom stereocenters. The van der Waals surface area contributed by atoms with Crippen molar-refractivity contribution in [3.63, 3.8) is 0 Å². The van der Waals surface area contributed by atoms with Crippen LogP contribution in [0.15, 0.2) is 18.3 Å². The Balaban J connectivity index is 1.73. The predicted octanol–water partition coefficient (Wildman–Crippen LogP) is 1.93. The SMILES string of the molecule is CCC1CCCCN1C(=O)COC(=O)CCc1ccc(N)nc1. The first-order valence-corrected chi connectivity index (χ1v) is 8.25. The summed E-state index contributed by atoms with van der Waals surface area (Å²) in [6, 6.07) is 3.82. The lowest BCUT2D eigenvalue weighted by atomic mass is 10.00. The number of pyridine rings is 1. The van der Waals surface area contributed by atoms with Crippen LogP contribution in [-0.4, -0.2) is 41.0 Å². The van der Waals surface area contributed by atoms with Crippen LogP contribution in [0.3, 0.4) is 0 Å². The number of rotatable bonds is 6. The van der Waals surface area contributed by atoms with Crippen LogP contribution in [0.5, 0.6) is 0 Å². The first kappa shape index (κ1) is 17.2. The molecule has 2 heterocycles. The highest BCUT2D eigenvalue weighted by Crippen LogP contribution is 2.19. The van der Waals surface area contributed by atoms with E-state index in [2.05, 4.69) is 11.9 Å². The van der Waals surface area contributed by atoms with E-state index in [9.17, 15) is 9.59 Å². The molecule has 1 aliphatic heterocycles. The summed E-state index contributed by atoms with van der Waals surface area (Å²) >= 11 is 0. The molecule has 6 nitrogen and oxygen atoms in total. The number of carbonyl (C=O) groups is 2. The zero-order chi connectivity index (χ0) is 16.7. The zero-order valence-corrected chi connectivity index (χ0v) is 13.7. The highest BCUT2D eigenvalue weighted by atomic mass is 16.5. The Morgan fingerprint density at radius 3 is 2.91 bits per heavy atom. The smallest absolute Gasteiger partial charge is 0.306 e. The fraction of sp³-hybridized carbons (Fsp3) is 0.588.